The van der Waals surface area contributed by atoms with Gasteiger partial charge in [0.15, 0.2) is 6.10 Å². The lowest BCUT2D eigenvalue weighted by Crippen LogP contribution is -2.49. The monoisotopic (exact) mass is 1050 g/mol. The average molecular weight is 1050 g/mol. The molecule has 4 rings (SSSR count). The molecule has 12 N–H and O–H groups in total. The maximum Gasteiger partial charge on any atom is 0.328 e. The van der Waals surface area contributed by atoms with Crippen LogP contribution in [0.4, 0.5) is 5.82 Å². The first-order valence-electron chi connectivity index (χ1n) is 19.8. The Morgan fingerprint density at radius 2 is 1.33 bits per heavy atom. The van der Waals surface area contributed by atoms with Crippen molar-refractivity contribution < 1.29 is 37.8 Å². The minimum absolute atomic E-state index is 0. The van der Waals surface area contributed by atoms with Crippen LogP contribution >= 0.6 is 73.0 Å². The Kier molecular flexibility index (Phi) is 28.7. The van der Waals surface area contributed by atoms with Gasteiger partial charge in [0.05, 0.1) is 23.3 Å². The van der Waals surface area contributed by atoms with E-state index in [2.05, 4.69) is 26.7 Å². The van der Waals surface area contributed by atoms with Gasteiger partial charge in [-0.15, -0.1) is 49.6 Å². The molecule has 2 amide bonds. The summed E-state index contributed by atoms with van der Waals surface area (Å²) in [6.45, 7) is 2.66. The molecule has 19 nitrogen and oxygen atoms in total. The van der Waals surface area contributed by atoms with Crippen molar-refractivity contribution >= 4 is 103 Å². The van der Waals surface area contributed by atoms with Crippen molar-refractivity contribution in [2.24, 2.45) is 22.9 Å². The summed E-state index contributed by atoms with van der Waals surface area (Å²) in [5.74, 6) is -2.03. The molecule has 2 aromatic carbocycles. The fourth-order valence-electron chi connectivity index (χ4n) is 5.72. The number of benzene rings is 2. The Bertz CT molecular complexity index is 2300. The van der Waals surface area contributed by atoms with Crippen molar-refractivity contribution in [3.63, 3.8) is 0 Å². The van der Waals surface area contributed by atoms with E-state index in [1.165, 1.54) is 31.9 Å². The molecule has 1 unspecified atom stereocenters. The van der Waals surface area contributed by atoms with Crippen molar-refractivity contribution in [2.75, 3.05) is 32.0 Å². The normalized spacial score (nSPS) is 12.5. The number of halogens is 5. The molecule has 4 aromatic rings. The van der Waals surface area contributed by atoms with Gasteiger partial charge in [-0.2, -0.15) is 10.5 Å². The minimum atomic E-state index is -1.21. The summed E-state index contributed by atoms with van der Waals surface area (Å²) in [4.78, 5) is 59.9. The van der Waals surface area contributed by atoms with Gasteiger partial charge in [-0.05, 0) is 94.6 Å². The molecule has 2 heterocycles. The summed E-state index contributed by atoms with van der Waals surface area (Å²) < 4.78 is 22.6. The molecule has 0 radical (unpaired) electrons. The van der Waals surface area contributed by atoms with Crippen LogP contribution in [-0.2, 0) is 34.4 Å². The number of anilines is 1. The molecule has 0 aliphatic carbocycles. The second-order valence-corrected chi connectivity index (χ2v) is 15.6. The van der Waals surface area contributed by atoms with E-state index in [1.54, 1.807) is 48.5 Å². The molecule has 0 spiro atoms. The number of amides is 2. The first kappa shape index (κ1) is 61.9. The summed E-state index contributed by atoms with van der Waals surface area (Å²) >= 11 is 7.19. The molecule has 366 valence electrons. The molecule has 0 fully saturated rings. The maximum atomic E-state index is 13.1. The zero-order chi connectivity index (χ0) is 46.1. The summed E-state index contributed by atoms with van der Waals surface area (Å²) in [6, 6.07) is 13.5. The zero-order valence-electron chi connectivity index (χ0n) is 36.3. The number of aromatic nitrogens is 2. The lowest BCUT2D eigenvalue weighted by atomic mass is 9.97. The molecule has 67 heavy (non-hydrogen) atoms. The molecule has 0 saturated heterocycles. The van der Waals surface area contributed by atoms with Gasteiger partial charge in [-0.25, -0.2) is 19.6 Å². The van der Waals surface area contributed by atoms with Crippen molar-refractivity contribution in [2.45, 2.75) is 80.6 Å². The number of hydrogen-bond donors (Lipinski definition) is 7. The summed E-state index contributed by atoms with van der Waals surface area (Å²) in [5.41, 5.74) is 31.1. The Hall–Kier alpha value is -5.10. The lowest BCUT2D eigenvalue weighted by Gasteiger charge is -2.23. The number of thioether (sulfide) groups is 1. The van der Waals surface area contributed by atoms with E-state index in [9.17, 15) is 29.7 Å². The van der Waals surface area contributed by atoms with E-state index in [4.69, 9.17) is 58.9 Å². The summed E-state index contributed by atoms with van der Waals surface area (Å²) in [6.07, 6.45) is 1.94. The predicted octanol–water partition coefficient (Wildman–Crippen LogP) is 4.34. The van der Waals surface area contributed by atoms with Gasteiger partial charge in [0.2, 0.25) is 17.7 Å². The van der Waals surface area contributed by atoms with Crippen LogP contribution < -0.4 is 44.0 Å². The number of carbonyl (C=O) groups is 4. The maximum absolute atomic E-state index is 13.1. The average Bonchev–Trinajstić information content (AvgIpc) is 3.76. The second-order valence-electron chi connectivity index (χ2n) is 14.2. The first-order chi connectivity index (χ1) is 30.2. The van der Waals surface area contributed by atoms with Crippen LogP contribution in [0.2, 0.25) is 5.02 Å². The minimum Gasteiger partial charge on any atom is -0.490 e. The molecular weight excluding hydrogens is 996 g/mol. The van der Waals surface area contributed by atoms with Crippen molar-refractivity contribution in [3.05, 3.63) is 76.6 Å². The van der Waals surface area contributed by atoms with E-state index in [-0.39, 0.29) is 95.3 Å². The highest BCUT2D eigenvalue weighted by atomic mass is 35.5. The Morgan fingerprint density at radius 1 is 0.791 bits per heavy atom. The molecule has 0 aliphatic rings. The number of carbonyl (C=O) groups excluding carboxylic acids is 4. The van der Waals surface area contributed by atoms with Gasteiger partial charge >= 0.3 is 11.9 Å². The van der Waals surface area contributed by atoms with Crippen molar-refractivity contribution in [1.29, 1.82) is 10.5 Å². The van der Waals surface area contributed by atoms with Crippen LogP contribution in [-0.4, -0.2) is 90.3 Å². The van der Waals surface area contributed by atoms with E-state index in [0.29, 0.717) is 60.9 Å². The van der Waals surface area contributed by atoms with Crippen LogP contribution in [0.1, 0.15) is 56.4 Å². The highest BCUT2D eigenvalue weighted by Gasteiger charge is 2.28. The number of esters is 2. The number of nitriles is 2. The Labute approximate surface area is 421 Å². The van der Waals surface area contributed by atoms with Gasteiger partial charge < -0.3 is 57.9 Å². The smallest absolute Gasteiger partial charge is 0.328 e. The van der Waals surface area contributed by atoms with Crippen LogP contribution in [0.5, 0.6) is 5.75 Å². The third kappa shape index (κ3) is 18.5. The number of nitrogen functional groups attached to an aromatic ring is 1. The van der Waals surface area contributed by atoms with Gasteiger partial charge in [0, 0.05) is 21.9 Å². The summed E-state index contributed by atoms with van der Waals surface area (Å²) in [5, 5.41) is 26.2. The SMILES string of the molecule is CC(NC(=O)[C@@H](N)CCCN)C(=O)O[C@H](COC(=O)[C@H](C)NC(=O)[C@@H](N)CCCN)COc1ccc(-c2c(C#N)c(N)nc(SCc3coc(-c4ccc(Cl)cc4)n3)c2C#N)cc1.Cl.Cl.Cl.Cl. The van der Waals surface area contributed by atoms with Crippen LogP contribution in [0.15, 0.2) is 64.2 Å². The number of ether oxygens (including phenoxy) is 3. The molecule has 0 saturated carbocycles. The first-order valence-corrected chi connectivity index (χ1v) is 21.1. The highest BCUT2D eigenvalue weighted by molar-refractivity contribution is 7.98. The fraction of sp³-hybridized carbons (Fsp3) is 0.381. The van der Waals surface area contributed by atoms with Gasteiger partial charge in [-0.1, -0.05) is 35.5 Å². The number of nitrogens with two attached hydrogens (primary N) is 5. The van der Waals surface area contributed by atoms with E-state index in [1.807, 2.05) is 6.07 Å². The zero-order valence-corrected chi connectivity index (χ0v) is 41.1. The topological polar surface area (TPSA) is 337 Å². The van der Waals surface area contributed by atoms with E-state index in [0.717, 1.165) is 5.56 Å². The number of nitrogens with zero attached hydrogens (tertiary/aromatic N) is 4. The van der Waals surface area contributed by atoms with Gasteiger partial charge in [0.25, 0.3) is 0 Å². The number of hydrogen-bond acceptors (Lipinski definition) is 18. The van der Waals surface area contributed by atoms with Crippen LogP contribution in [0, 0.1) is 22.7 Å². The Balaban J connectivity index is 0.0000109. The Morgan fingerprint density at radius 3 is 1.87 bits per heavy atom. The van der Waals surface area contributed by atoms with Crippen LogP contribution in [0.25, 0.3) is 22.6 Å². The second kappa shape index (κ2) is 31.0. The third-order valence-electron chi connectivity index (χ3n) is 9.23. The highest BCUT2D eigenvalue weighted by Crippen LogP contribution is 2.37. The summed E-state index contributed by atoms with van der Waals surface area (Å²) in [7, 11) is 0. The number of rotatable bonds is 23. The van der Waals surface area contributed by atoms with E-state index < -0.39 is 60.6 Å². The van der Waals surface area contributed by atoms with E-state index >= 15 is 0 Å². The molecular formula is C42H54Cl5N11O8S. The molecule has 25 heteroatoms. The van der Waals surface area contributed by atoms with Crippen LogP contribution in [0.3, 0.4) is 0 Å². The number of oxazole rings is 1. The van der Waals surface area contributed by atoms with Gasteiger partial charge in [0.1, 0.15) is 65.9 Å². The standard InChI is InChI=1S/C42H50ClN11O8S.4ClH/c1-23(51-37(55)33(48)5-3-15-44)41(57)61-21-30(62-42(58)24(2)52-38(56)34(49)6-4-16-45)20-59-29-13-9-25(10-14-29)35-31(17-46)36(50)54-40(32(35)18-47)63-22-28-19-60-39(53-28)26-7-11-27(43)12-8-26;;;;/h7-14,19,23-24,30,33-34H,3-6,15-16,20-22,44-45,48-49H2,1-2H3,(H2,50,54)(H,51,55)(H,52,56);4*1H/t23-,24?,30-,33-,34-;;;;/m0..../s1. The predicted molar refractivity (Wildman–Crippen MR) is 263 cm³/mol. The van der Waals surface area contributed by atoms with Gasteiger partial charge in [-0.3, -0.25) is 9.59 Å². The molecule has 5 atom stereocenters. The lowest BCUT2D eigenvalue weighted by molar-refractivity contribution is -0.163. The number of nitrogens with one attached hydrogen (secondary N) is 2. The molecule has 0 aliphatic heterocycles. The van der Waals surface area contributed by atoms with Crippen molar-refractivity contribution in [1.82, 2.24) is 20.6 Å². The molecule has 0 bridgehead atoms. The largest absolute Gasteiger partial charge is 0.490 e. The molecule has 2 aromatic heterocycles. The van der Waals surface area contributed by atoms with Crippen molar-refractivity contribution in [3.8, 4) is 40.5 Å². The number of pyridine rings is 1. The fourth-order valence-corrected chi connectivity index (χ4v) is 6.72. The third-order valence-corrected chi connectivity index (χ3v) is 10.5. The quantitative estimate of drug-likeness (QED) is 0.0401.